The quantitative estimate of drug-likeness (QED) is 0.662. The van der Waals surface area contributed by atoms with E-state index in [-0.39, 0.29) is 40.0 Å². The van der Waals surface area contributed by atoms with Crippen LogP contribution in [0.2, 0.25) is 5.02 Å². The first-order chi connectivity index (χ1) is 11.8. The van der Waals surface area contributed by atoms with Gasteiger partial charge in [-0.15, -0.1) is 0 Å². The summed E-state index contributed by atoms with van der Waals surface area (Å²) < 4.78 is 30.5. The number of methoxy groups -OCH3 is 1. The number of amides is 1. The van der Waals surface area contributed by atoms with Crippen molar-refractivity contribution in [3.05, 3.63) is 22.7 Å². The van der Waals surface area contributed by atoms with Gasteiger partial charge >= 0.3 is 0 Å². The van der Waals surface area contributed by atoms with E-state index in [1.54, 1.807) is 0 Å². The fraction of sp³-hybridized carbons (Fsp3) is 0.562. The maximum absolute atomic E-state index is 12.8. The van der Waals surface area contributed by atoms with Gasteiger partial charge < -0.3 is 15.4 Å². The maximum Gasteiger partial charge on any atom is 0.256 e. The van der Waals surface area contributed by atoms with E-state index in [2.05, 4.69) is 15.4 Å². The fourth-order valence-electron chi connectivity index (χ4n) is 3.00. The number of sulfonamides is 1. The van der Waals surface area contributed by atoms with Crippen LogP contribution in [0.5, 0.6) is 5.75 Å². The lowest BCUT2D eigenvalue weighted by Gasteiger charge is -2.24. The predicted octanol–water partition coefficient (Wildman–Crippen LogP) is 1.98. The number of anilines is 1. The van der Waals surface area contributed by atoms with Crippen LogP contribution in [0.3, 0.4) is 0 Å². The van der Waals surface area contributed by atoms with Gasteiger partial charge in [0.05, 0.1) is 24.1 Å². The van der Waals surface area contributed by atoms with E-state index >= 15 is 0 Å². The molecule has 2 rings (SSSR count). The molecule has 140 valence electrons. The van der Waals surface area contributed by atoms with Gasteiger partial charge in [0.2, 0.25) is 10.0 Å². The van der Waals surface area contributed by atoms with Gasteiger partial charge in [-0.3, -0.25) is 9.52 Å². The molecule has 1 aliphatic heterocycles. The molecule has 0 aliphatic carbocycles. The minimum atomic E-state index is -3.52. The molecule has 2 unspecified atom stereocenters. The van der Waals surface area contributed by atoms with Gasteiger partial charge in [0.15, 0.2) is 0 Å². The molecule has 9 heteroatoms. The topological polar surface area (TPSA) is 96.5 Å². The Morgan fingerprint density at radius 2 is 2.20 bits per heavy atom. The molecule has 0 saturated carbocycles. The minimum absolute atomic E-state index is 0.0107. The molecule has 1 aliphatic rings. The van der Waals surface area contributed by atoms with Gasteiger partial charge in [-0.2, -0.15) is 0 Å². The van der Waals surface area contributed by atoms with E-state index in [9.17, 15) is 13.2 Å². The van der Waals surface area contributed by atoms with Crippen LogP contribution >= 0.6 is 11.6 Å². The molecular weight excluding hydrogens is 366 g/mol. The summed E-state index contributed by atoms with van der Waals surface area (Å²) in [6, 6.07) is 3.16. The Kier molecular flexibility index (Phi) is 6.53. The number of carbonyl (C=O) groups excluding carboxylic acids is 1. The fourth-order valence-corrected chi connectivity index (χ4v) is 3.92. The van der Waals surface area contributed by atoms with Crippen molar-refractivity contribution in [2.45, 2.75) is 38.3 Å². The lowest BCUT2D eigenvalue weighted by Crippen LogP contribution is -2.47. The van der Waals surface area contributed by atoms with Crippen molar-refractivity contribution < 1.29 is 17.9 Å². The van der Waals surface area contributed by atoms with Crippen molar-refractivity contribution in [2.24, 2.45) is 0 Å². The number of nitrogens with one attached hydrogen (secondary N) is 3. The molecule has 7 nitrogen and oxygen atoms in total. The molecule has 25 heavy (non-hydrogen) atoms. The van der Waals surface area contributed by atoms with Crippen molar-refractivity contribution in [3.8, 4) is 5.75 Å². The Bertz CT molecular complexity index is 733. The molecule has 0 aromatic heterocycles. The van der Waals surface area contributed by atoms with Crippen molar-refractivity contribution in [1.29, 1.82) is 0 Å². The number of rotatable bonds is 7. The van der Waals surface area contributed by atoms with Crippen molar-refractivity contribution in [2.75, 3.05) is 24.6 Å². The van der Waals surface area contributed by atoms with Gasteiger partial charge in [0.1, 0.15) is 11.3 Å². The molecule has 0 bridgehead atoms. The third kappa shape index (κ3) is 4.99. The summed E-state index contributed by atoms with van der Waals surface area (Å²) in [5, 5.41) is 6.38. The normalized spacial score (nSPS) is 18.6. The van der Waals surface area contributed by atoms with Crippen LogP contribution < -0.4 is 20.1 Å². The SMILES string of the molecule is CCC(NC(=O)c1c(OC)ccc(NS(C)(=O)=O)c1Cl)C1CCCN1. The molecule has 1 heterocycles. The second-order valence-corrected chi connectivity index (χ2v) is 8.20. The number of ether oxygens (including phenoxy) is 1. The Balaban J connectivity index is 2.31. The standard InChI is InChI=1S/C16H24ClN3O4S/c1-4-10(11-6-5-9-18-11)19-16(21)14-13(24-2)8-7-12(15(14)17)20-25(3,22)23/h7-8,10-11,18,20H,4-6,9H2,1-3H3,(H,19,21). The second kappa shape index (κ2) is 8.25. The van der Waals surface area contributed by atoms with Gasteiger partial charge in [-0.25, -0.2) is 8.42 Å². The molecule has 0 radical (unpaired) electrons. The Morgan fingerprint density at radius 1 is 1.48 bits per heavy atom. The number of hydrogen-bond donors (Lipinski definition) is 3. The molecule has 2 atom stereocenters. The molecular formula is C16H24ClN3O4S. The molecule has 1 amide bonds. The maximum atomic E-state index is 12.8. The lowest BCUT2D eigenvalue weighted by molar-refractivity contribution is 0.0924. The third-order valence-electron chi connectivity index (χ3n) is 4.19. The lowest BCUT2D eigenvalue weighted by atomic mass is 10.0. The van der Waals surface area contributed by atoms with E-state index in [1.165, 1.54) is 19.2 Å². The van der Waals surface area contributed by atoms with Gasteiger partial charge in [-0.05, 0) is 37.9 Å². The van der Waals surface area contributed by atoms with Gasteiger partial charge in [0.25, 0.3) is 5.91 Å². The van der Waals surface area contributed by atoms with Crippen LogP contribution in [-0.2, 0) is 10.0 Å². The summed E-state index contributed by atoms with van der Waals surface area (Å²) >= 11 is 6.30. The summed E-state index contributed by atoms with van der Waals surface area (Å²) in [6.45, 7) is 2.94. The number of halogens is 1. The van der Waals surface area contributed by atoms with E-state index in [1.807, 2.05) is 6.92 Å². The zero-order chi connectivity index (χ0) is 18.6. The van der Waals surface area contributed by atoms with Crippen molar-refractivity contribution in [3.63, 3.8) is 0 Å². The molecule has 1 aromatic rings. The third-order valence-corrected chi connectivity index (χ3v) is 5.17. The number of carbonyl (C=O) groups is 1. The Hall–Kier alpha value is -1.51. The van der Waals surface area contributed by atoms with Crippen LogP contribution in [-0.4, -0.2) is 46.3 Å². The highest BCUT2D eigenvalue weighted by molar-refractivity contribution is 7.92. The van der Waals surface area contributed by atoms with Gasteiger partial charge in [-0.1, -0.05) is 18.5 Å². The summed E-state index contributed by atoms with van der Waals surface area (Å²) in [5.41, 5.74) is 0.261. The zero-order valence-corrected chi connectivity index (χ0v) is 16.1. The average molecular weight is 390 g/mol. The van der Waals surface area contributed by atoms with Gasteiger partial charge in [0, 0.05) is 12.1 Å². The van der Waals surface area contributed by atoms with Crippen molar-refractivity contribution in [1.82, 2.24) is 10.6 Å². The molecule has 3 N–H and O–H groups in total. The minimum Gasteiger partial charge on any atom is -0.496 e. The number of hydrogen-bond acceptors (Lipinski definition) is 5. The summed E-state index contributed by atoms with van der Waals surface area (Å²) in [5.74, 6) is -0.102. The number of benzene rings is 1. The highest BCUT2D eigenvalue weighted by Crippen LogP contribution is 2.34. The highest BCUT2D eigenvalue weighted by Gasteiger charge is 2.27. The largest absolute Gasteiger partial charge is 0.496 e. The second-order valence-electron chi connectivity index (χ2n) is 6.07. The first-order valence-corrected chi connectivity index (χ1v) is 10.4. The summed E-state index contributed by atoms with van der Waals surface area (Å²) in [7, 11) is -2.09. The summed E-state index contributed by atoms with van der Waals surface area (Å²) in [6.07, 6.45) is 3.87. The van der Waals surface area contributed by atoms with E-state index in [0.29, 0.717) is 0 Å². The first kappa shape index (κ1) is 19.8. The highest BCUT2D eigenvalue weighted by atomic mass is 35.5. The van der Waals surface area contributed by atoms with Crippen molar-refractivity contribution >= 4 is 33.2 Å². The van der Waals surface area contributed by atoms with Crippen LogP contribution in [0.1, 0.15) is 36.5 Å². The molecule has 1 fully saturated rings. The monoisotopic (exact) mass is 389 g/mol. The van der Waals surface area contributed by atoms with E-state index < -0.39 is 10.0 Å². The van der Waals surface area contributed by atoms with Crippen LogP contribution in [0.4, 0.5) is 5.69 Å². The van der Waals surface area contributed by atoms with E-state index in [4.69, 9.17) is 16.3 Å². The Labute approximate surface area is 153 Å². The zero-order valence-electron chi connectivity index (χ0n) is 14.6. The Morgan fingerprint density at radius 3 is 2.72 bits per heavy atom. The van der Waals surface area contributed by atoms with Crippen LogP contribution in [0.15, 0.2) is 12.1 Å². The average Bonchev–Trinajstić information content (AvgIpc) is 3.07. The van der Waals surface area contributed by atoms with Crippen LogP contribution in [0, 0.1) is 0 Å². The first-order valence-electron chi connectivity index (χ1n) is 8.15. The predicted molar refractivity (Wildman–Crippen MR) is 99.0 cm³/mol. The van der Waals surface area contributed by atoms with Crippen LogP contribution in [0.25, 0.3) is 0 Å². The molecule has 0 spiro atoms. The molecule has 1 aromatic carbocycles. The molecule has 1 saturated heterocycles. The summed E-state index contributed by atoms with van der Waals surface area (Å²) in [4.78, 5) is 12.8. The van der Waals surface area contributed by atoms with E-state index in [0.717, 1.165) is 32.1 Å². The smallest absolute Gasteiger partial charge is 0.256 e.